The van der Waals surface area contributed by atoms with Crippen LogP contribution < -0.4 is 14.9 Å². The fraction of sp³-hybridized carbons (Fsp3) is 0.115. The van der Waals surface area contributed by atoms with Gasteiger partial charge in [0.05, 0.1) is 15.5 Å². The third-order valence-corrected chi connectivity index (χ3v) is 6.53. The maximum atomic E-state index is 12.8. The molecule has 4 rings (SSSR count). The number of benzene rings is 3. The first-order valence-corrected chi connectivity index (χ1v) is 12.3. The molecule has 0 spiro atoms. The van der Waals surface area contributed by atoms with Crippen molar-refractivity contribution in [3.8, 4) is 11.5 Å². The molecule has 2 amide bonds. The van der Waals surface area contributed by atoms with Crippen LogP contribution in [0, 0.1) is 6.92 Å². The van der Waals surface area contributed by atoms with E-state index in [0.717, 1.165) is 33.6 Å². The predicted octanol–water partition coefficient (Wildman–Crippen LogP) is 5.65. The summed E-state index contributed by atoms with van der Waals surface area (Å²) in [6.45, 7) is 2.70. The molecule has 35 heavy (non-hydrogen) atoms. The number of amides is 2. The summed E-state index contributed by atoms with van der Waals surface area (Å²) < 4.78 is 11.5. The monoisotopic (exact) mass is 524 g/mol. The minimum atomic E-state index is -0.509. The van der Waals surface area contributed by atoms with Crippen LogP contribution in [0.1, 0.15) is 21.5 Å². The lowest BCUT2D eigenvalue weighted by Gasteiger charge is -2.16. The van der Waals surface area contributed by atoms with Gasteiger partial charge in [-0.25, -0.2) is 0 Å². The number of rotatable bonds is 8. The summed E-state index contributed by atoms with van der Waals surface area (Å²) in [6, 6.07) is 21.9. The Morgan fingerprint density at radius 2 is 1.69 bits per heavy atom. The molecular weight excluding hydrogens is 504 g/mol. The van der Waals surface area contributed by atoms with E-state index in [4.69, 9.17) is 33.3 Å². The molecule has 0 atom stereocenters. The standard InChI is InChI=1S/C26H21ClN2O4S2/c1-17-7-12-21(22(27)15-17)24(30)28-29-25(31)23(35-26(29)34)16-18-8-10-20(11-9-18)33-14-13-32-19-5-3-2-4-6-19/h2-12,15-16H,13-14H2,1H3,(H,28,30)/b23-16+. The Labute approximate surface area is 217 Å². The van der Waals surface area contributed by atoms with Crippen LogP contribution >= 0.6 is 35.6 Å². The van der Waals surface area contributed by atoms with Crippen LogP contribution in [0.2, 0.25) is 5.02 Å². The van der Waals surface area contributed by atoms with E-state index in [-0.39, 0.29) is 9.88 Å². The number of nitrogens with zero attached hydrogens (tertiary/aromatic N) is 1. The van der Waals surface area contributed by atoms with Gasteiger partial charge in [0.15, 0.2) is 4.32 Å². The van der Waals surface area contributed by atoms with Crippen molar-refractivity contribution in [2.75, 3.05) is 13.2 Å². The van der Waals surface area contributed by atoms with Gasteiger partial charge < -0.3 is 9.47 Å². The summed E-state index contributed by atoms with van der Waals surface area (Å²) in [5.74, 6) is 0.566. The molecule has 3 aromatic carbocycles. The minimum absolute atomic E-state index is 0.233. The van der Waals surface area contributed by atoms with E-state index in [1.54, 1.807) is 24.3 Å². The number of carbonyl (C=O) groups excluding carboxylic acids is 2. The summed E-state index contributed by atoms with van der Waals surface area (Å²) in [6.07, 6.45) is 1.71. The third kappa shape index (κ3) is 6.42. The van der Waals surface area contributed by atoms with Gasteiger partial charge in [-0.2, -0.15) is 5.01 Å². The number of hydrogen-bond donors (Lipinski definition) is 1. The number of thiocarbonyl (C=S) groups is 1. The lowest BCUT2D eigenvalue weighted by atomic mass is 10.1. The van der Waals surface area contributed by atoms with Gasteiger partial charge in [0, 0.05) is 0 Å². The molecule has 1 fully saturated rings. The quantitative estimate of drug-likeness (QED) is 0.233. The molecule has 3 aromatic rings. The SMILES string of the molecule is Cc1ccc(C(=O)NN2C(=O)/C(=C\c3ccc(OCCOc4ccccc4)cc3)SC2=S)c(Cl)c1. The second-order valence-electron chi connectivity index (χ2n) is 7.52. The Morgan fingerprint density at radius 3 is 2.34 bits per heavy atom. The fourth-order valence-corrected chi connectivity index (χ4v) is 4.68. The summed E-state index contributed by atoms with van der Waals surface area (Å²) in [7, 11) is 0. The smallest absolute Gasteiger partial charge is 0.285 e. The number of hydrogen-bond acceptors (Lipinski definition) is 6. The molecule has 0 aromatic heterocycles. The van der Waals surface area contributed by atoms with E-state index >= 15 is 0 Å². The molecule has 1 aliphatic heterocycles. The molecule has 6 nitrogen and oxygen atoms in total. The van der Waals surface area contributed by atoms with Gasteiger partial charge in [-0.1, -0.05) is 59.8 Å². The molecule has 1 N–H and O–H groups in total. The number of thioether (sulfide) groups is 1. The highest BCUT2D eigenvalue weighted by molar-refractivity contribution is 8.26. The van der Waals surface area contributed by atoms with Crippen LogP contribution in [0.3, 0.4) is 0 Å². The van der Waals surface area contributed by atoms with Gasteiger partial charge in [0.2, 0.25) is 0 Å². The van der Waals surface area contributed by atoms with E-state index in [2.05, 4.69) is 5.43 Å². The van der Waals surface area contributed by atoms with Crippen molar-refractivity contribution in [1.82, 2.24) is 10.4 Å². The molecule has 0 saturated carbocycles. The van der Waals surface area contributed by atoms with Crippen LogP contribution in [0.25, 0.3) is 6.08 Å². The molecule has 9 heteroatoms. The lowest BCUT2D eigenvalue weighted by Crippen LogP contribution is -2.44. The molecule has 1 heterocycles. The Balaban J connectivity index is 1.33. The average Bonchev–Trinajstić information content (AvgIpc) is 3.10. The van der Waals surface area contributed by atoms with Gasteiger partial charge in [0.25, 0.3) is 11.8 Å². The zero-order chi connectivity index (χ0) is 24.8. The van der Waals surface area contributed by atoms with Crippen LogP contribution in [0.5, 0.6) is 11.5 Å². The number of nitrogens with one attached hydrogen (secondary N) is 1. The average molecular weight is 525 g/mol. The van der Waals surface area contributed by atoms with E-state index in [1.165, 1.54) is 0 Å². The molecule has 178 valence electrons. The lowest BCUT2D eigenvalue weighted by molar-refractivity contribution is -0.123. The Kier molecular flexibility index (Phi) is 8.07. The zero-order valence-corrected chi connectivity index (χ0v) is 21.1. The predicted molar refractivity (Wildman–Crippen MR) is 143 cm³/mol. The maximum absolute atomic E-state index is 12.8. The number of halogens is 1. The van der Waals surface area contributed by atoms with Gasteiger partial charge in [-0.3, -0.25) is 15.0 Å². The fourth-order valence-electron chi connectivity index (χ4n) is 3.18. The number of hydrazine groups is 1. The number of ether oxygens (including phenoxy) is 2. The van der Waals surface area contributed by atoms with Crippen molar-refractivity contribution >= 4 is 57.8 Å². The molecule has 0 bridgehead atoms. The minimum Gasteiger partial charge on any atom is -0.490 e. The van der Waals surface area contributed by atoms with E-state index in [1.807, 2.05) is 61.5 Å². The van der Waals surface area contributed by atoms with Crippen molar-refractivity contribution in [3.63, 3.8) is 0 Å². The number of para-hydroxylation sites is 1. The van der Waals surface area contributed by atoms with Crippen molar-refractivity contribution in [2.45, 2.75) is 6.92 Å². The van der Waals surface area contributed by atoms with Gasteiger partial charge in [-0.05, 0) is 72.7 Å². The normalized spacial score (nSPS) is 14.3. The highest BCUT2D eigenvalue weighted by atomic mass is 35.5. The Hall–Kier alpha value is -3.33. The second kappa shape index (κ2) is 11.4. The number of carbonyl (C=O) groups is 2. The molecular formula is C26H21ClN2O4S2. The molecule has 0 unspecified atom stereocenters. The molecule has 0 aliphatic carbocycles. The first kappa shape index (κ1) is 24.8. The van der Waals surface area contributed by atoms with Gasteiger partial charge >= 0.3 is 0 Å². The second-order valence-corrected chi connectivity index (χ2v) is 9.60. The van der Waals surface area contributed by atoms with Crippen LogP contribution in [-0.2, 0) is 4.79 Å². The van der Waals surface area contributed by atoms with E-state index in [9.17, 15) is 9.59 Å². The highest BCUT2D eigenvalue weighted by Gasteiger charge is 2.34. The van der Waals surface area contributed by atoms with Crippen molar-refractivity contribution in [1.29, 1.82) is 0 Å². The topological polar surface area (TPSA) is 67.9 Å². The zero-order valence-electron chi connectivity index (χ0n) is 18.7. The largest absolute Gasteiger partial charge is 0.490 e. The first-order valence-electron chi connectivity index (χ1n) is 10.7. The summed E-state index contributed by atoms with van der Waals surface area (Å²) in [5.41, 5.74) is 4.54. The van der Waals surface area contributed by atoms with E-state index < -0.39 is 11.8 Å². The van der Waals surface area contributed by atoms with Crippen molar-refractivity contribution < 1.29 is 19.1 Å². The summed E-state index contributed by atoms with van der Waals surface area (Å²) in [4.78, 5) is 25.9. The molecule has 1 aliphatic rings. The summed E-state index contributed by atoms with van der Waals surface area (Å²) >= 11 is 12.6. The van der Waals surface area contributed by atoms with Crippen molar-refractivity contribution in [2.24, 2.45) is 0 Å². The Bertz CT molecular complexity index is 1280. The van der Waals surface area contributed by atoms with Gasteiger partial charge in [0.1, 0.15) is 24.7 Å². The van der Waals surface area contributed by atoms with Gasteiger partial charge in [-0.15, -0.1) is 0 Å². The molecule has 1 saturated heterocycles. The van der Waals surface area contributed by atoms with Crippen LogP contribution in [0.4, 0.5) is 0 Å². The third-order valence-electron chi connectivity index (χ3n) is 4.92. The first-order chi connectivity index (χ1) is 16.9. The molecule has 0 radical (unpaired) electrons. The Morgan fingerprint density at radius 1 is 1.03 bits per heavy atom. The van der Waals surface area contributed by atoms with E-state index in [0.29, 0.717) is 28.9 Å². The highest BCUT2D eigenvalue weighted by Crippen LogP contribution is 2.32. The van der Waals surface area contributed by atoms with Crippen molar-refractivity contribution in [3.05, 3.63) is 99.4 Å². The van der Waals surface area contributed by atoms with Crippen LogP contribution in [0.15, 0.2) is 77.7 Å². The maximum Gasteiger partial charge on any atom is 0.285 e. The van der Waals surface area contributed by atoms with Crippen LogP contribution in [-0.4, -0.2) is 34.4 Å². The number of aryl methyl sites for hydroxylation is 1. The summed E-state index contributed by atoms with van der Waals surface area (Å²) in [5, 5.41) is 1.37.